The van der Waals surface area contributed by atoms with E-state index in [1.807, 2.05) is 0 Å². The minimum atomic E-state index is -3.52. The predicted octanol–water partition coefficient (Wildman–Crippen LogP) is 0.829. The third kappa shape index (κ3) is 2.25. The number of rotatable bonds is 3. The molecule has 2 fully saturated rings. The molecule has 1 aromatic rings. The standard InChI is InChI=1S/C13H18N2O4S/c1-18-13-5-4-11(6-12(13)14)20(16,17)15-7-9-2-3-10(8-15)19-9/h4-6,9-10H,2-3,7-8,14H2,1H3. The number of nitrogens with two attached hydrogens (primary N) is 1. The third-order valence-electron chi connectivity index (χ3n) is 3.85. The van der Waals surface area contributed by atoms with Crippen LogP contribution in [0.4, 0.5) is 5.69 Å². The molecule has 0 amide bonds. The zero-order valence-corrected chi connectivity index (χ0v) is 12.1. The van der Waals surface area contributed by atoms with Gasteiger partial charge in [-0.3, -0.25) is 0 Å². The molecule has 2 bridgehead atoms. The number of nitrogens with zero attached hydrogens (tertiary/aromatic N) is 1. The molecule has 0 aliphatic carbocycles. The Balaban J connectivity index is 1.90. The maximum atomic E-state index is 12.6. The lowest BCUT2D eigenvalue weighted by Gasteiger charge is -2.31. The highest BCUT2D eigenvalue weighted by Crippen LogP contribution is 2.31. The molecule has 0 radical (unpaired) electrons. The summed E-state index contributed by atoms with van der Waals surface area (Å²) in [5.41, 5.74) is 6.12. The minimum Gasteiger partial charge on any atom is -0.495 e. The summed E-state index contributed by atoms with van der Waals surface area (Å²) in [6.07, 6.45) is 1.92. The number of morpholine rings is 1. The van der Waals surface area contributed by atoms with Crippen LogP contribution in [0.15, 0.2) is 23.1 Å². The first-order chi connectivity index (χ1) is 9.50. The van der Waals surface area contributed by atoms with Crippen molar-refractivity contribution in [2.45, 2.75) is 29.9 Å². The van der Waals surface area contributed by atoms with Crippen LogP contribution >= 0.6 is 0 Å². The summed E-state index contributed by atoms with van der Waals surface area (Å²) in [7, 11) is -2.02. The van der Waals surface area contributed by atoms with Crippen molar-refractivity contribution in [3.05, 3.63) is 18.2 Å². The number of methoxy groups -OCH3 is 1. The number of nitrogen functional groups attached to an aromatic ring is 1. The number of benzene rings is 1. The van der Waals surface area contributed by atoms with Gasteiger partial charge in [-0.15, -0.1) is 0 Å². The molecule has 2 aliphatic rings. The number of sulfonamides is 1. The maximum Gasteiger partial charge on any atom is 0.243 e. The van der Waals surface area contributed by atoms with Gasteiger partial charge in [0.05, 0.1) is 29.9 Å². The Morgan fingerprint density at radius 3 is 2.50 bits per heavy atom. The predicted molar refractivity (Wildman–Crippen MR) is 74.1 cm³/mol. The van der Waals surface area contributed by atoms with E-state index in [-0.39, 0.29) is 17.1 Å². The van der Waals surface area contributed by atoms with Gasteiger partial charge in [0.2, 0.25) is 10.0 Å². The molecular weight excluding hydrogens is 280 g/mol. The Hall–Kier alpha value is -1.31. The lowest BCUT2D eigenvalue weighted by molar-refractivity contribution is -0.0114. The average molecular weight is 298 g/mol. The Kier molecular flexibility index (Phi) is 3.35. The molecule has 0 aromatic heterocycles. The second-order valence-electron chi connectivity index (χ2n) is 5.18. The Labute approximate surface area is 118 Å². The van der Waals surface area contributed by atoms with Gasteiger partial charge in [0.1, 0.15) is 5.75 Å². The molecule has 2 unspecified atom stereocenters. The molecule has 2 aliphatic heterocycles. The summed E-state index contributed by atoms with van der Waals surface area (Å²) in [6, 6.07) is 4.56. The number of ether oxygens (including phenoxy) is 2. The molecule has 3 rings (SSSR count). The van der Waals surface area contributed by atoms with Crippen LogP contribution in [0.5, 0.6) is 5.75 Å². The Morgan fingerprint density at radius 1 is 1.30 bits per heavy atom. The molecule has 7 heteroatoms. The number of hydrogen-bond acceptors (Lipinski definition) is 5. The lowest BCUT2D eigenvalue weighted by Crippen LogP contribution is -2.45. The van der Waals surface area contributed by atoms with Crippen LogP contribution in [-0.2, 0) is 14.8 Å². The topological polar surface area (TPSA) is 81.9 Å². The number of anilines is 1. The van der Waals surface area contributed by atoms with E-state index in [9.17, 15) is 8.42 Å². The van der Waals surface area contributed by atoms with Gasteiger partial charge in [0.15, 0.2) is 0 Å². The van der Waals surface area contributed by atoms with Gasteiger partial charge in [-0.2, -0.15) is 4.31 Å². The van der Waals surface area contributed by atoms with Crippen molar-refractivity contribution in [3.8, 4) is 5.75 Å². The summed E-state index contributed by atoms with van der Waals surface area (Å²) in [5.74, 6) is 0.478. The van der Waals surface area contributed by atoms with E-state index in [4.69, 9.17) is 15.2 Å². The summed E-state index contributed by atoms with van der Waals surface area (Å²) in [4.78, 5) is 0.206. The first-order valence-corrected chi connectivity index (χ1v) is 8.04. The highest BCUT2D eigenvalue weighted by molar-refractivity contribution is 7.89. The molecule has 1 aromatic carbocycles. The molecule has 20 heavy (non-hydrogen) atoms. The van der Waals surface area contributed by atoms with Gasteiger partial charge in [0.25, 0.3) is 0 Å². The van der Waals surface area contributed by atoms with Gasteiger partial charge in [0, 0.05) is 13.1 Å². The second-order valence-corrected chi connectivity index (χ2v) is 7.12. The van der Waals surface area contributed by atoms with Crippen molar-refractivity contribution in [2.75, 3.05) is 25.9 Å². The van der Waals surface area contributed by atoms with Crippen molar-refractivity contribution >= 4 is 15.7 Å². The summed E-state index contributed by atoms with van der Waals surface area (Å²) >= 11 is 0. The molecule has 2 heterocycles. The zero-order chi connectivity index (χ0) is 14.3. The second kappa shape index (κ2) is 4.91. The Bertz CT molecular complexity index is 605. The average Bonchev–Trinajstić information content (AvgIpc) is 2.77. The van der Waals surface area contributed by atoms with Crippen molar-refractivity contribution in [2.24, 2.45) is 0 Å². The molecule has 6 nitrogen and oxygen atoms in total. The highest BCUT2D eigenvalue weighted by atomic mass is 32.2. The smallest absolute Gasteiger partial charge is 0.243 e. The van der Waals surface area contributed by atoms with Gasteiger partial charge >= 0.3 is 0 Å². The van der Waals surface area contributed by atoms with Gasteiger partial charge < -0.3 is 15.2 Å². The van der Waals surface area contributed by atoms with Crippen LogP contribution in [0, 0.1) is 0 Å². The van der Waals surface area contributed by atoms with Gasteiger partial charge in [-0.25, -0.2) is 8.42 Å². The van der Waals surface area contributed by atoms with E-state index < -0.39 is 10.0 Å². The molecule has 110 valence electrons. The van der Waals surface area contributed by atoms with E-state index in [0.29, 0.717) is 24.5 Å². The van der Waals surface area contributed by atoms with Crippen LogP contribution in [-0.4, -0.2) is 45.1 Å². The summed E-state index contributed by atoms with van der Waals surface area (Å²) in [5, 5.41) is 0. The van der Waals surface area contributed by atoms with Crippen molar-refractivity contribution < 1.29 is 17.9 Å². The SMILES string of the molecule is COc1ccc(S(=O)(=O)N2CC3CCC(C2)O3)cc1N. The van der Waals surface area contributed by atoms with E-state index in [1.165, 1.54) is 23.5 Å². The van der Waals surface area contributed by atoms with E-state index in [0.717, 1.165) is 12.8 Å². The maximum absolute atomic E-state index is 12.6. The van der Waals surface area contributed by atoms with E-state index in [1.54, 1.807) is 6.07 Å². The van der Waals surface area contributed by atoms with Crippen molar-refractivity contribution in [1.29, 1.82) is 0 Å². The largest absolute Gasteiger partial charge is 0.495 e. The first-order valence-electron chi connectivity index (χ1n) is 6.60. The number of hydrogen-bond donors (Lipinski definition) is 1. The molecule has 2 N–H and O–H groups in total. The van der Waals surface area contributed by atoms with Crippen LogP contribution < -0.4 is 10.5 Å². The Morgan fingerprint density at radius 2 is 1.95 bits per heavy atom. The van der Waals surface area contributed by atoms with E-state index in [2.05, 4.69) is 0 Å². The van der Waals surface area contributed by atoms with E-state index >= 15 is 0 Å². The van der Waals surface area contributed by atoms with Crippen molar-refractivity contribution in [3.63, 3.8) is 0 Å². The first kappa shape index (κ1) is 13.7. The fourth-order valence-electron chi connectivity index (χ4n) is 2.80. The molecule has 2 saturated heterocycles. The molecule has 0 saturated carbocycles. The molecule has 2 atom stereocenters. The summed E-state index contributed by atoms with van der Waals surface area (Å²) < 4.78 is 37.5. The normalized spacial score (nSPS) is 26.6. The zero-order valence-electron chi connectivity index (χ0n) is 11.3. The van der Waals surface area contributed by atoms with Crippen LogP contribution in [0.1, 0.15) is 12.8 Å². The number of fused-ring (bicyclic) bond motifs is 2. The van der Waals surface area contributed by atoms with Gasteiger partial charge in [-0.05, 0) is 31.0 Å². The molecule has 0 spiro atoms. The lowest BCUT2D eigenvalue weighted by atomic mass is 10.2. The van der Waals surface area contributed by atoms with Gasteiger partial charge in [-0.1, -0.05) is 0 Å². The van der Waals surface area contributed by atoms with Crippen molar-refractivity contribution in [1.82, 2.24) is 4.31 Å². The van der Waals surface area contributed by atoms with Crippen LogP contribution in [0.25, 0.3) is 0 Å². The van der Waals surface area contributed by atoms with Crippen LogP contribution in [0.2, 0.25) is 0 Å². The van der Waals surface area contributed by atoms with Crippen LogP contribution in [0.3, 0.4) is 0 Å². The fourth-order valence-corrected chi connectivity index (χ4v) is 4.33. The monoisotopic (exact) mass is 298 g/mol. The fraction of sp³-hybridized carbons (Fsp3) is 0.538. The third-order valence-corrected chi connectivity index (χ3v) is 5.68. The highest BCUT2D eigenvalue weighted by Gasteiger charge is 2.39. The molecular formula is C13H18N2O4S. The minimum absolute atomic E-state index is 0.0270. The quantitative estimate of drug-likeness (QED) is 0.836. The summed E-state index contributed by atoms with van der Waals surface area (Å²) in [6.45, 7) is 0.843.